The fraction of sp³-hybridized carbons (Fsp3) is 1.00. The Hall–Kier alpha value is -0.170. The maximum Gasteiger partial charge on any atom is 0.218 e. The van der Waals surface area contributed by atoms with Crippen LogP contribution >= 0.6 is 0 Å². The Kier molecular flexibility index (Phi) is 4.64. The average molecular weight is 275 g/mol. The Balaban J connectivity index is 2.03. The molecule has 6 heteroatoms. The van der Waals surface area contributed by atoms with Crippen molar-refractivity contribution in [2.45, 2.75) is 37.0 Å². The molecule has 18 heavy (non-hydrogen) atoms. The number of nitrogens with one attached hydrogen (secondary N) is 1. The van der Waals surface area contributed by atoms with Crippen LogP contribution in [-0.2, 0) is 10.0 Å². The summed E-state index contributed by atoms with van der Waals surface area (Å²) in [5, 5.41) is 2.96. The largest absolute Gasteiger partial charge is 0.315 e. The number of sulfonamides is 1. The van der Waals surface area contributed by atoms with Crippen molar-refractivity contribution in [3.05, 3.63) is 0 Å². The summed E-state index contributed by atoms with van der Waals surface area (Å²) in [5.41, 5.74) is 0. The quantitative estimate of drug-likeness (QED) is 0.793. The molecule has 2 unspecified atom stereocenters. The normalized spacial score (nSPS) is 31.7. The van der Waals surface area contributed by atoms with E-state index >= 15 is 0 Å². The molecule has 0 aromatic rings. The molecule has 2 atom stereocenters. The van der Waals surface area contributed by atoms with Crippen LogP contribution in [-0.4, -0.2) is 69.2 Å². The van der Waals surface area contributed by atoms with Crippen molar-refractivity contribution in [1.29, 1.82) is 0 Å². The lowest BCUT2D eigenvalue weighted by atomic mass is 10.1. The van der Waals surface area contributed by atoms with E-state index in [4.69, 9.17) is 0 Å². The number of hydrogen-bond acceptors (Lipinski definition) is 4. The van der Waals surface area contributed by atoms with E-state index in [0.717, 1.165) is 45.3 Å². The van der Waals surface area contributed by atoms with Gasteiger partial charge in [0, 0.05) is 26.2 Å². The molecular formula is C12H25N3O2S. The maximum absolute atomic E-state index is 12.6. The Morgan fingerprint density at radius 3 is 2.67 bits per heavy atom. The number of likely N-dealkylation sites (tertiary alicyclic amines) is 1. The molecule has 0 amide bonds. The van der Waals surface area contributed by atoms with E-state index in [0.29, 0.717) is 6.54 Å². The molecule has 0 aliphatic carbocycles. The first-order chi connectivity index (χ1) is 8.51. The van der Waals surface area contributed by atoms with Gasteiger partial charge in [0.05, 0.1) is 5.25 Å². The molecule has 1 N–H and O–H groups in total. The van der Waals surface area contributed by atoms with Crippen LogP contribution in [0.3, 0.4) is 0 Å². The van der Waals surface area contributed by atoms with E-state index in [2.05, 4.69) is 17.3 Å². The highest BCUT2D eigenvalue weighted by Crippen LogP contribution is 2.21. The van der Waals surface area contributed by atoms with Gasteiger partial charge in [-0.3, -0.25) is 0 Å². The molecule has 2 rings (SSSR count). The number of likely N-dealkylation sites (N-methyl/N-ethyl adjacent to an activating group) is 2. The van der Waals surface area contributed by atoms with Crippen molar-refractivity contribution in [3.63, 3.8) is 0 Å². The molecule has 106 valence electrons. The average Bonchev–Trinajstić information content (AvgIpc) is 2.39. The topological polar surface area (TPSA) is 52.7 Å². The number of rotatable bonds is 3. The van der Waals surface area contributed by atoms with Crippen LogP contribution in [0.15, 0.2) is 0 Å². The Morgan fingerprint density at radius 2 is 2.06 bits per heavy atom. The van der Waals surface area contributed by atoms with Crippen molar-refractivity contribution in [2.24, 2.45) is 0 Å². The van der Waals surface area contributed by atoms with Gasteiger partial charge in [-0.05, 0) is 45.8 Å². The number of piperidine rings is 2. The van der Waals surface area contributed by atoms with E-state index in [1.54, 1.807) is 11.4 Å². The smallest absolute Gasteiger partial charge is 0.218 e. The van der Waals surface area contributed by atoms with Gasteiger partial charge in [0.2, 0.25) is 10.0 Å². The molecule has 0 spiro atoms. The predicted octanol–water partition coefficient (Wildman–Crippen LogP) is 0.0942. The third-order valence-electron chi connectivity index (χ3n) is 4.19. The van der Waals surface area contributed by atoms with E-state index in [9.17, 15) is 8.42 Å². The Bertz CT molecular complexity index is 366. The first-order valence-electron chi connectivity index (χ1n) is 6.88. The summed E-state index contributed by atoms with van der Waals surface area (Å²) in [4.78, 5) is 2.22. The van der Waals surface area contributed by atoms with Gasteiger partial charge in [0.15, 0.2) is 0 Å². The molecule has 0 saturated carbocycles. The van der Waals surface area contributed by atoms with Crippen molar-refractivity contribution in [3.8, 4) is 0 Å². The first-order valence-corrected chi connectivity index (χ1v) is 8.38. The van der Waals surface area contributed by atoms with Gasteiger partial charge in [-0.25, -0.2) is 12.7 Å². The van der Waals surface area contributed by atoms with Crippen LogP contribution in [0.1, 0.15) is 25.7 Å². The van der Waals surface area contributed by atoms with Crippen LogP contribution in [0.5, 0.6) is 0 Å². The van der Waals surface area contributed by atoms with Gasteiger partial charge in [-0.15, -0.1) is 0 Å². The Morgan fingerprint density at radius 1 is 1.28 bits per heavy atom. The minimum absolute atomic E-state index is 0.149. The van der Waals surface area contributed by atoms with Gasteiger partial charge in [-0.1, -0.05) is 0 Å². The fourth-order valence-corrected chi connectivity index (χ4v) is 4.80. The third-order valence-corrected chi connectivity index (χ3v) is 6.53. The predicted molar refractivity (Wildman–Crippen MR) is 73.1 cm³/mol. The van der Waals surface area contributed by atoms with Crippen molar-refractivity contribution < 1.29 is 8.42 Å². The zero-order chi connectivity index (χ0) is 13.2. The molecule has 0 aromatic heterocycles. The molecule has 2 fully saturated rings. The second kappa shape index (κ2) is 5.86. The second-order valence-electron chi connectivity index (χ2n) is 5.59. The summed E-state index contributed by atoms with van der Waals surface area (Å²) in [6.45, 7) is 3.49. The molecule has 0 radical (unpaired) electrons. The second-order valence-corrected chi connectivity index (χ2v) is 7.86. The lowest BCUT2D eigenvalue weighted by Gasteiger charge is -2.37. The van der Waals surface area contributed by atoms with Crippen LogP contribution in [0.4, 0.5) is 0 Å². The molecule has 2 aliphatic rings. The lowest BCUT2D eigenvalue weighted by Crippen LogP contribution is -2.52. The van der Waals surface area contributed by atoms with Gasteiger partial charge < -0.3 is 10.2 Å². The summed E-state index contributed by atoms with van der Waals surface area (Å²) in [7, 11) is 0.681. The summed E-state index contributed by atoms with van der Waals surface area (Å²) in [6.07, 6.45) is 3.83. The van der Waals surface area contributed by atoms with E-state index in [1.165, 1.54) is 0 Å². The standard InChI is InChI=1S/C12H25N3O2S/c1-14-8-4-5-11(10-14)15(2)18(16,17)12-6-3-7-13-9-12/h11-13H,3-10H2,1-2H3. The molecule has 2 saturated heterocycles. The summed E-state index contributed by atoms with van der Waals surface area (Å²) in [6, 6.07) is 0.149. The molecule has 2 heterocycles. The summed E-state index contributed by atoms with van der Waals surface area (Å²) >= 11 is 0. The molecule has 0 bridgehead atoms. The SMILES string of the molecule is CN1CCCC(N(C)S(=O)(=O)C2CCCNC2)C1. The maximum atomic E-state index is 12.6. The van der Waals surface area contributed by atoms with Crippen LogP contribution in [0.2, 0.25) is 0 Å². The van der Waals surface area contributed by atoms with E-state index in [-0.39, 0.29) is 11.3 Å². The number of hydrogen-bond donors (Lipinski definition) is 1. The molecule has 2 aliphatic heterocycles. The Labute approximate surface area is 111 Å². The van der Waals surface area contributed by atoms with Crippen LogP contribution < -0.4 is 5.32 Å². The fourth-order valence-electron chi connectivity index (χ4n) is 2.95. The highest BCUT2D eigenvalue weighted by Gasteiger charge is 2.35. The van der Waals surface area contributed by atoms with Crippen molar-refractivity contribution in [2.75, 3.05) is 40.3 Å². The van der Waals surface area contributed by atoms with Crippen LogP contribution in [0.25, 0.3) is 0 Å². The zero-order valence-corrected chi connectivity index (χ0v) is 12.2. The molecule has 5 nitrogen and oxygen atoms in total. The minimum atomic E-state index is -3.14. The highest BCUT2D eigenvalue weighted by atomic mass is 32.2. The summed E-state index contributed by atoms with van der Waals surface area (Å²) < 4.78 is 26.8. The summed E-state index contributed by atoms with van der Waals surface area (Å²) in [5.74, 6) is 0. The van der Waals surface area contributed by atoms with Gasteiger partial charge in [-0.2, -0.15) is 0 Å². The van der Waals surface area contributed by atoms with Crippen molar-refractivity contribution >= 4 is 10.0 Å². The highest BCUT2D eigenvalue weighted by molar-refractivity contribution is 7.89. The zero-order valence-electron chi connectivity index (χ0n) is 11.4. The molecular weight excluding hydrogens is 250 g/mol. The minimum Gasteiger partial charge on any atom is -0.315 e. The van der Waals surface area contributed by atoms with Gasteiger partial charge >= 0.3 is 0 Å². The van der Waals surface area contributed by atoms with Gasteiger partial charge in [0.25, 0.3) is 0 Å². The monoisotopic (exact) mass is 275 g/mol. The molecule has 0 aromatic carbocycles. The van der Waals surface area contributed by atoms with E-state index in [1.807, 2.05) is 0 Å². The van der Waals surface area contributed by atoms with Gasteiger partial charge in [0.1, 0.15) is 0 Å². The lowest BCUT2D eigenvalue weighted by molar-refractivity contribution is 0.186. The third kappa shape index (κ3) is 3.04. The number of nitrogens with zero attached hydrogens (tertiary/aromatic N) is 2. The first kappa shape index (κ1) is 14.2. The van der Waals surface area contributed by atoms with Crippen molar-refractivity contribution in [1.82, 2.24) is 14.5 Å². The van der Waals surface area contributed by atoms with Crippen LogP contribution in [0, 0.1) is 0 Å². The van der Waals surface area contributed by atoms with E-state index < -0.39 is 10.0 Å².